The molecular formula is C18H19N5O3. The fraction of sp³-hybridized carbons (Fsp3) is 0.222. The highest BCUT2D eigenvalue weighted by Gasteiger charge is 2.25. The smallest absolute Gasteiger partial charge is 0.316 e. The molecule has 1 aromatic carbocycles. The van der Waals surface area contributed by atoms with Gasteiger partial charge >= 0.3 is 6.03 Å². The number of primary amides is 1. The van der Waals surface area contributed by atoms with Gasteiger partial charge in [-0.25, -0.2) is 9.78 Å². The van der Waals surface area contributed by atoms with Gasteiger partial charge in [0.15, 0.2) is 0 Å². The molecule has 0 fully saturated rings. The van der Waals surface area contributed by atoms with E-state index in [9.17, 15) is 14.9 Å². The van der Waals surface area contributed by atoms with Gasteiger partial charge in [-0.15, -0.1) is 0 Å². The molecule has 0 aliphatic heterocycles. The number of nitro groups is 1. The maximum atomic E-state index is 11.6. The van der Waals surface area contributed by atoms with Crippen LogP contribution < -0.4 is 11.1 Å². The molecule has 3 N–H and O–H groups in total. The van der Waals surface area contributed by atoms with Crippen molar-refractivity contribution in [3.8, 4) is 0 Å². The maximum absolute atomic E-state index is 11.6. The van der Waals surface area contributed by atoms with Crippen molar-refractivity contribution in [2.75, 3.05) is 0 Å². The number of amides is 2. The van der Waals surface area contributed by atoms with Crippen LogP contribution in [0.2, 0.25) is 0 Å². The van der Waals surface area contributed by atoms with E-state index in [0.29, 0.717) is 29.8 Å². The lowest BCUT2D eigenvalue weighted by Gasteiger charge is -2.13. The molecule has 134 valence electrons. The second-order valence-electron chi connectivity index (χ2n) is 6.11. The Bertz CT molecular complexity index is 997. The first-order valence-corrected chi connectivity index (χ1v) is 8.13. The molecular weight excluding hydrogens is 334 g/mol. The number of aromatic nitrogens is 2. The molecule has 0 saturated carbocycles. The molecule has 0 unspecified atom stereocenters. The van der Waals surface area contributed by atoms with Crippen LogP contribution in [0.4, 0.5) is 4.79 Å². The lowest BCUT2D eigenvalue weighted by atomic mass is 10.0. The summed E-state index contributed by atoms with van der Waals surface area (Å²) in [6.45, 7) is 1.75. The summed E-state index contributed by atoms with van der Waals surface area (Å²) < 4.78 is 1.90. The van der Waals surface area contributed by atoms with E-state index in [1.165, 1.54) is 6.08 Å². The van der Waals surface area contributed by atoms with Crippen molar-refractivity contribution in [2.45, 2.75) is 19.8 Å². The van der Waals surface area contributed by atoms with Gasteiger partial charge in [-0.3, -0.25) is 10.1 Å². The minimum absolute atomic E-state index is 0.145. The molecule has 0 saturated heterocycles. The van der Waals surface area contributed by atoms with Crippen molar-refractivity contribution in [1.29, 1.82) is 0 Å². The molecule has 0 radical (unpaired) electrons. The second kappa shape index (κ2) is 6.83. The number of benzene rings is 1. The summed E-state index contributed by atoms with van der Waals surface area (Å²) >= 11 is 0. The summed E-state index contributed by atoms with van der Waals surface area (Å²) in [7, 11) is 1.87. The number of hydrogen-bond donors (Lipinski definition) is 2. The van der Waals surface area contributed by atoms with Crippen LogP contribution in [0.3, 0.4) is 0 Å². The molecule has 0 atom stereocenters. The molecule has 1 heterocycles. The molecule has 8 heteroatoms. The lowest BCUT2D eigenvalue weighted by Crippen LogP contribution is -2.32. The van der Waals surface area contributed by atoms with Crippen LogP contribution in [-0.2, 0) is 7.05 Å². The number of nitrogens with zero attached hydrogens (tertiary/aromatic N) is 3. The molecule has 2 aromatic rings. The van der Waals surface area contributed by atoms with Gasteiger partial charge in [-0.2, -0.15) is 0 Å². The van der Waals surface area contributed by atoms with E-state index in [2.05, 4.69) is 10.3 Å². The zero-order valence-corrected chi connectivity index (χ0v) is 14.5. The number of rotatable bonds is 3. The molecule has 1 aliphatic rings. The highest BCUT2D eigenvalue weighted by Crippen LogP contribution is 2.28. The minimum Gasteiger partial charge on any atom is -0.351 e. The average Bonchev–Trinajstić information content (AvgIpc) is 2.91. The van der Waals surface area contributed by atoms with Crippen molar-refractivity contribution in [2.24, 2.45) is 12.8 Å². The van der Waals surface area contributed by atoms with Crippen LogP contribution in [-0.4, -0.2) is 20.5 Å². The number of urea groups is 1. The Morgan fingerprint density at radius 2 is 2.12 bits per heavy atom. The number of aryl methyl sites for hydroxylation is 1. The number of carbonyl (C=O) groups excluding carboxylic acids is 1. The van der Waals surface area contributed by atoms with Gasteiger partial charge < -0.3 is 15.6 Å². The summed E-state index contributed by atoms with van der Waals surface area (Å²) in [6, 6.07) is 6.81. The standard InChI is InChI=1S/C18H19N5O3/c1-11-6-5-7-12(10-15(23(25)26)16(11)21-18(19)24)17-20-13-8-3-4-9-14(13)22(17)2/h3-4,7-10H,5-6H2,1-2H3,(H3,19,21,24)/b12-7+,15-10+,16-11+. The predicted molar refractivity (Wildman–Crippen MR) is 98.4 cm³/mol. The normalized spacial score (nSPS) is 21.9. The van der Waals surface area contributed by atoms with E-state index in [0.717, 1.165) is 11.0 Å². The Balaban J connectivity index is 2.17. The van der Waals surface area contributed by atoms with E-state index in [-0.39, 0.29) is 11.4 Å². The zero-order chi connectivity index (χ0) is 18.8. The molecule has 26 heavy (non-hydrogen) atoms. The Morgan fingerprint density at radius 1 is 1.38 bits per heavy atom. The first-order valence-electron chi connectivity index (χ1n) is 8.13. The van der Waals surface area contributed by atoms with Gasteiger partial charge in [-0.1, -0.05) is 18.2 Å². The molecule has 2 amide bonds. The van der Waals surface area contributed by atoms with E-state index in [1.54, 1.807) is 6.92 Å². The minimum atomic E-state index is -0.832. The topological polar surface area (TPSA) is 116 Å². The van der Waals surface area contributed by atoms with Crippen molar-refractivity contribution in [1.82, 2.24) is 14.9 Å². The average molecular weight is 353 g/mol. The first kappa shape index (κ1) is 17.4. The van der Waals surface area contributed by atoms with Crippen LogP contribution in [0.25, 0.3) is 16.6 Å². The molecule has 3 rings (SSSR count). The lowest BCUT2D eigenvalue weighted by molar-refractivity contribution is -0.421. The Kier molecular flexibility index (Phi) is 4.57. The third kappa shape index (κ3) is 3.21. The Hall–Kier alpha value is -3.42. The van der Waals surface area contributed by atoms with E-state index in [4.69, 9.17) is 5.73 Å². The van der Waals surface area contributed by atoms with Gasteiger partial charge in [0.1, 0.15) is 11.5 Å². The molecule has 0 spiro atoms. The number of allylic oxidation sites excluding steroid dienone is 4. The van der Waals surface area contributed by atoms with Gasteiger partial charge in [0.2, 0.25) is 0 Å². The summed E-state index contributed by atoms with van der Waals surface area (Å²) in [5.41, 5.74) is 8.21. The van der Waals surface area contributed by atoms with Crippen LogP contribution in [0.1, 0.15) is 25.6 Å². The van der Waals surface area contributed by atoms with Crippen molar-refractivity contribution < 1.29 is 9.72 Å². The quantitative estimate of drug-likeness (QED) is 0.652. The predicted octanol–water partition coefficient (Wildman–Crippen LogP) is 2.85. The van der Waals surface area contributed by atoms with Gasteiger partial charge in [-0.05, 0) is 37.5 Å². The monoisotopic (exact) mass is 353 g/mol. The fourth-order valence-electron chi connectivity index (χ4n) is 3.06. The molecule has 1 aromatic heterocycles. The van der Waals surface area contributed by atoms with E-state index in [1.807, 2.05) is 42.0 Å². The van der Waals surface area contributed by atoms with Crippen LogP contribution in [0.5, 0.6) is 0 Å². The van der Waals surface area contributed by atoms with Crippen molar-refractivity contribution in [3.63, 3.8) is 0 Å². The number of imidazole rings is 1. The van der Waals surface area contributed by atoms with Gasteiger partial charge in [0.25, 0.3) is 5.70 Å². The largest absolute Gasteiger partial charge is 0.351 e. The van der Waals surface area contributed by atoms with Crippen molar-refractivity contribution >= 4 is 22.6 Å². The van der Waals surface area contributed by atoms with Crippen molar-refractivity contribution in [3.05, 3.63) is 69.3 Å². The van der Waals surface area contributed by atoms with Crippen LogP contribution in [0.15, 0.2) is 53.4 Å². The first-order chi connectivity index (χ1) is 12.4. The van der Waals surface area contributed by atoms with E-state index >= 15 is 0 Å². The molecule has 8 nitrogen and oxygen atoms in total. The number of para-hydroxylation sites is 2. The SMILES string of the molecule is C/C1=C(NC(N)=O)/C([N+](=O)[O-])=C\C(c2nc3ccccc3n2C)=C/CC1. The number of fused-ring (bicyclic) bond motifs is 1. The highest BCUT2D eigenvalue weighted by molar-refractivity contribution is 5.83. The van der Waals surface area contributed by atoms with Gasteiger partial charge in [0, 0.05) is 18.7 Å². The van der Waals surface area contributed by atoms with Gasteiger partial charge in [0.05, 0.1) is 16.0 Å². The Labute approximate surface area is 149 Å². The molecule has 1 aliphatic carbocycles. The number of carbonyl (C=O) groups is 1. The summed E-state index contributed by atoms with van der Waals surface area (Å²) in [5.74, 6) is 0.628. The number of nitrogens with two attached hydrogens (primary N) is 1. The Morgan fingerprint density at radius 3 is 2.77 bits per heavy atom. The number of hydrogen-bond acceptors (Lipinski definition) is 4. The summed E-state index contributed by atoms with van der Waals surface area (Å²) in [6.07, 6.45) is 4.59. The third-order valence-corrected chi connectivity index (χ3v) is 4.35. The van der Waals surface area contributed by atoms with Crippen LogP contribution in [0, 0.1) is 10.1 Å². The zero-order valence-electron chi connectivity index (χ0n) is 14.5. The third-order valence-electron chi connectivity index (χ3n) is 4.35. The summed E-state index contributed by atoms with van der Waals surface area (Å²) in [4.78, 5) is 27.0. The number of nitrogens with one attached hydrogen (secondary N) is 1. The molecule has 0 bridgehead atoms. The maximum Gasteiger partial charge on any atom is 0.316 e. The highest BCUT2D eigenvalue weighted by atomic mass is 16.6. The second-order valence-corrected chi connectivity index (χ2v) is 6.11. The summed E-state index contributed by atoms with van der Waals surface area (Å²) in [5, 5.41) is 14.0. The van der Waals surface area contributed by atoms with E-state index < -0.39 is 11.0 Å². The fourth-order valence-corrected chi connectivity index (χ4v) is 3.06. The van der Waals surface area contributed by atoms with Crippen LogP contribution >= 0.6 is 0 Å².